The number of hydrogen-bond acceptors (Lipinski definition) is 7. The number of anilines is 1. The number of amidine groups is 1. The van der Waals surface area contributed by atoms with E-state index in [1.807, 2.05) is 41.0 Å². The van der Waals surface area contributed by atoms with Gasteiger partial charge in [-0.2, -0.15) is 0 Å². The summed E-state index contributed by atoms with van der Waals surface area (Å²) in [6.07, 6.45) is 4.38. The molecule has 35 heavy (non-hydrogen) atoms. The highest BCUT2D eigenvalue weighted by molar-refractivity contribution is 7.23. The first kappa shape index (κ1) is 24.2. The van der Waals surface area contributed by atoms with Crippen molar-refractivity contribution in [3.63, 3.8) is 0 Å². The zero-order chi connectivity index (χ0) is 24.6. The van der Waals surface area contributed by atoms with Crippen LogP contribution in [0.15, 0.2) is 29.3 Å². The van der Waals surface area contributed by atoms with Crippen molar-refractivity contribution in [3.05, 3.63) is 29.8 Å². The summed E-state index contributed by atoms with van der Waals surface area (Å²) >= 11 is 1.48. The van der Waals surface area contributed by atoms with E-state index in [1.165, 1.54) is 11.3 Å². The molecule has 0 aliphatic carbocycles. The highest BCUT2D eigenvalue weighted by Gasteiger charge is 2.50. The highest BCUT2D eigenvalue weighted by Crippen LogP contribution is 2.37. The zero-order valence-electron chi connectivity index (χ0n) is 20.7. The molecule has 9 heteroatoms. The Kier molecular flexibility index (Phi) is 6.83. The molecule has 1 aromatic heterocycles. The van der Waals surface area contributed by atoms with Crippen molar-refractivity contribution in [2.75, 3.05) is 52.2 Å². The summed E-state index contributed by atoms with van der Waals surface area (Å²) in [5.41, 5.74) is 6.26. The van der Waals surface area contributed by atoms with E-state index in [4.69, 9.17) is 15.5 Å². The fourth-order valence-electron chi connectivity index (χ4n) is 5.97. The molecule has 1 spiro atoms. The van der Waals surface area contributed by atoms with Crippen LogP contribution in [0.2, 0.25) is 0 Å². The molecule has 5 rings (SSSR count). The van der Waals surface area contributed by atoms with Gasteiger partial charge in [0.25, 0.3) is 11.8 Å². The van der Waals surface area contributed by atoms with Gasteiger partial charge in [-0.1, -0.05) is 18.2 Å². The van der Waals surface area contributed by atoms with Crippen LogP contribution in [0.3, 0.4) is 0 Å². The highest BCUT2D eigenvalue weighted by atomic mass is 32.1. The summed E-state index contributed by atoms with van der Waals surface area (Å²) in [6, 6.07) is 8.28. The molecule has 188 valence electrons. The molecule has 0 radical (unpaired) electrons. The molecule has 8 nitrogen and oxygen atoms in total. The molecular weight excluding hydrogens is 462 g/mol. The summed E-state index contributed by atoms with van der Waals surface area (Å²) in [4.78, 5) is 37.9. The summed E-state index contributed by atoms with van der Waals surface area (Å²) in [5, 5.41) is 1.54. The molecule has 3 aliphatic heterocycles. The first-order valence-electron chi connectivity index (χ1n) is 12.6. The van der Waals surface area contributed by atoms with Crippen LogP contribution in [0.1, 0.15) is 49.4 Å². The van der Waals surface area contributed by atoms with Gasteiger partial charge in [-0.25, -0.2) is 0 Å². The van der Waals surface area contributed by atoms with Crippen LogP contribution in [0.5, 0.6) is 0 Å². The van der Waals surface area contributed by atoms with Gasteiger partial charge in [-0.3, -0.25) is 24.4 Å². The number of benzene rings is 1. The van der Waals surface area contributed by atoms with Crippen LogP contribution in [0.25, 0.3) is 10.1 Å². The summed E-state index contributed by atoms with van der Waals surface area (Å²) in [5.74, 6) is 1.00. The van der Waals surface area contributed by atoms with E-state index in [0.717, 1.165) is 54.6 Å². The van der Waals surface area contributed by atoms with Crippen molar-refractivity contribution in [2.45, 2.75) is 50.6 Å². The smallest absolute Gasteiger partial charge is 0.257 e. The number of carbonyl (C=O) groups is 2. The van der Waals surface area contributed by atoms with E-state index >= 15 is 0 Å². The SMILES string of the molecule is COCCCN1C(=O)C2(CCCN(C3CCN(C(=O)c4c(N)sc5ccccc45)CC3)C2)N=C1C. The fraction of sp³-hybridized carbons (Fsp3) is 0.577. The Hall–Kier alpha value is -2.49. The lowest BCUT2D eigenvalue weighted by molar-refractivity contribution is -0.133. The Balaban J connectivity index is 1.22. The third-order valence-corrected chi connectivity index (χ3v) is 8.74. The standard InChI is InChI=1S/C26H35N5O3S/c1-18-28-26(25(33)31(18)13-6-16-34-2)11-5-12-30(17-26)19-9-14-29(15-10-19)24(32)22-20-7-3-4-8-21(20)35-23(22)27/h3-4,7-8,19H,5-6,9-17,27H2,1-2H3. The second-order valence-corrected chi connectivity index (χ2v) is 11.0. The maximum absolute atomic E-state index is 13.4. The van der Waals surface area contributed by atoms with E-state index in [1.54, 1.807) is 7.11 Å². The minimum absolute atomic E-state index is 0.0337. The van der Waals surface area contributed by atoms with Crippen LogP contribution in [-0.2, 0) is 9.53 Å². The van der Waals surface area contributed by atoms with Gasteiger partial charge in [0.15, 0.2) is 5.54 Å². The van der Waals surface area contributed by atoms with Gasteiger partial charge in [-0.15, -0.1) is 11.3 Å². The predicted molar refractivity (Wildman–Crippen MR) is 140 cm³/mol. The number of likely N-dealkylation sites (tertiary alicyclic amines) is 2. The van der Waals surface area contributed by atoms with Gasteiger partial charge in [0.05, 0.1) is 10.6 Å². The third kappa shape index (κ3) is 4.45. The summed E-state index contributed by atoms with van der Waals surface area (Å²) < 4.78 is 6.21. The fourth-order valence-corrected chi connectivity index (χ4v) is 6.93. The lowest BCUT2D eigenvalue weighted by atomic mass is 9.87. The van der Waals surface area contributed by atoms with Gasteiger partial charge in [0, 0.05) is 56.0 Å². The maximum Gasteiger partial charge on any atom is 0.257 e. The number of fused-ring (bicyclic) bond motifs is 1. The topological polar surface area (TPSA) is 91.5 Å². The van der Waals surface area contributed by atoms with Gasteiger partial charge >= 0.3 is 0 Å². The van der Waals surface area contributed by atoms with Crippen LogP contribution in [-0.4, -0.2) is 90.4 Å². The lowest BCUT2D eigenvalue weighted by Gasteiger charge is -2.44. The number of hydrogen-bond donors (Lipinski definition) is 1. The van der Waals surface area contributed by atoms with E-state index in [0.29, 0.717) is 49.4 Å². The number of nitrogens with two attached hydrogens (primary N) is 1. The molecule has 2 N–H and O–H groups in total. The predicted octanol–water partition coefficient (Wildman–Crippen LogP) is 3.22. The van der Waals surface area contributed by atoms with E-state index < -0.39 is 5.54 Å². The third-order valence-electron chi connectivity index (χ3n) is 7.74. The minimum atomic E-state index is -0.646. The Morgan fingerprint density at radius 2 is 2.03 bits per heavy atom. The zero-order valence-corrected chi connectivity index (χ0v) is 21.5. The van der Waals surface area contributed by atoms with E-state index in [2.05, 4.69) is 4.90 Å². The second-order valence-electron chi connectivity index (χ2n) is 9.93. The maximum atomic E-state index is 13.4. The molecule has 3 aliphatic rings. The Morgan fingerprint density at radius 1 is 1.26 bits per heavy atom. The Bertz CT molecular complexity index is 1140. The largest absolute Gasteiger partial charge is 0.390 e. The second kappa shape index (κ2) is 9.87. The van der Waals surface area contributed by atoms with Crippen LogP contribution < -0.4 is 5.73 Å². The number of aliphatic imine (C=N–C) groups is 1. The average Bonchev–Trinajstić information content (AvgIpc) is 3.31. The Morgan fingerprint density at radius 3 is 2.80 bits per heavy atom. The normalized spacial score (nSPS) is 24.1. The number of carbonyl (C=O) groups excluding carboxylic acids is 2. The van der Waals surface area contributed by atoms with E-state index in [-0.39, 0.29) is 11.8 Å². The summed E-state index contributed by atoms with van der Waals surface area (Å²) in [7, 11) is 1.68. The molecule has 2 fully saturated rings. The number of rotatable bonds is 6. The van der Waals surface area contributed by atoms with Crippen molar-refractivity contribution in [3.8, 4) is 0 Å². The van der Waals surface area contributed by atoms with Crippen molar-refractivity contribution < 1.29 is 14.3 Å². The number of thiophene rings is 1. The van der Waals surface area contributed by atoms with Crippen molar-refractivity contribution >= 4 is 44.1 Å². The number of nitrogens with zero attached hydrogens (tertiary/aromatic N) is 4. The molecule has 0 bridgehead atoms. The molecule has 2 aromatic rings. The number of piperidine rings is 2. The number of amides is 2. The molecular formula is C26H35N5O3S. The summed E-state index contributed by atoms with van der Waals surface area (Å²) in [6.45, 7) is 6.30. The number of nitrogen functional groups attached to an aromatic ring is 1. The quantitative estimate of drug-likeness (QED) is 0.619. The van der Waals surface area contributed by atoms with Gasteiger partial charge in [-0.05, 0) is 51.6 Å². The van der Waals surface area contributed by atoms with Gasteiger partial charge in [0.1, 0.15) is 5.84 Å². The molecule has 1 aromatic carbocycles. The first-order valence-corrected chi connectivity index (χ1v) is 13.4. The van der Waals surface area contributed by atoms with Crippen LogP contribution in [0, 0.1) is 0 Å². The molecule has 2 saturated heterocycles. The molecule has 4 heterocycles. The molecule has 1 atom stereocenters. The van der Waals surface area contributed by atoms with Gasteiger partial charge in [0.2, 0.25) is 0 Å². The monoisotopic (exact) mass is 497 g/mol. The first-order chi connectivity index (χ1) is 16.9. The minimum Gasteiger partial charge on any atom is -0.390 e. The van der Waals surface area contributed by atoms with Crippen molar-refractivity contribution in [2.24, 2.45) is 4.99 Å². The number of methoxy groups -OCH3 is 1. The Labute approximate surface area is 210 Å². The number of ether oxygens (including phenoxy) is 1. The molecule has 0 saturated carbocycles. The van der Waals surface area contributed by atoms with Gasteiger partial charge < -0.3 is 15.4 Å². The average molecular weight is 498 g/mol. The van der Waals surface area contributed by atoms with Crippen LogP contribution >= 0.6 is 11.3 Å². The van der Waals surface area contributed by atoms with Crippen molar-refractivity contribution in [1.29, 1.82) is 0 Å². The molecule has 2 amide bonds. The van der Waals surface area contributed by atoms with E-state index in [9.17, 15) is 9.59 Å². The lowest BCUT2D eigenvalue weighted by Crippen LogP contribution is -2.57. The van der Waals surface area contributed by atoms with Crippen molar-refractivity contribution in [1.82, 2.24) is 14.7 Å². The molecule has 1 unspecified atom stereocenters. The van der Waals surface area contributed by atoms with Crippen LogP contribution in [0.4, 0.5) is 5.00 Å².